The van der Waals surface area contributed by atoms with Gasteiger partial charge in [-0.25, -0.2) is 0 Å². The first kappa shape index (κ1) is 9.52. The Morgan fingerprint density at radius 3 is 2.92 bits per heavy atom. The van der Waals surface area contributed by atoms with E-state index in [1.807, 2.05) is 18.7 Å². The maximum Gasteiger partial charge on any atom is 0.222 e. The highest BCUT2D eigenvalue weighted by atomic mass is 16.5. The van der Waals surface area contributed by atoms with Gasteiger partial charge < -0.3 is 9.64 Å². The van der Waals surface area contributed by atoms with Gasteiger partial charge in [0.1, 0.15) is 0 Å². The number of nitrogens with zero attached hydrogens (tertiary/aromatic N) is 1. The van der Waals surface area contributed by atoms with Crippen molar-refractivity contribution < 1.29 is 9.53 Å². The molecule has 0 aliphatic carbocycles. The number of rotatable bonds is 3. The Hall–Kier alpha value is -0.570. The maximum absolute atomic E-state index is 11.2. The molecule has 0 bridgehead atoms. The number of hydrogen-bond donors (Lipinski definition) is 0. The third kappa shape index (κ3) is 2.21. The number of ether oxygens (including phenoxy) is 1. The lowest BCUT2D eigenvalue weighted by Crippen LogP contribution is -2.29. The first-order valence-corrected chi connectivity index (χ1v) is 4.67. The molecule has 0 radical (unpaired) electrons. The van der Waals surface area contributed by atoms with E-state index < -0.39 is 0 Å². The summed E-state index contributed by atoms with van der Waals surface area (Å²) in [6.45, 7) is 6.30. The minimum atomic E-state index is 0.247. The Bertz CT molecular complexity index is 159. The predicted molar refractivity (Wildman–Crippen MR) is 46.9 cm³/mol. The molecule has 0 saturated carbocycles. The van der Waals surface area contributed by atoms with Crippen LogP contribution in [0.3, 0.4) is 0 Å². The monoisotopic (exact) mass is 171 g/mol. The van der Waals surface area contributed by atoms with Crippen LogP contribution < -0.4 is 0 Å². The molecule has 3 nitrogen and oxygen atoms in total. The Morgan fingerprint density at radius 1 is 1.58 bits per heavy atom. The van der Waals surface area contributed by atoms with E-state index in [0.717, 1.165) is 26.1 Å². The topological polar surface area (TPSA) is 29.5 Å². The molecule has 0 spiro atoms. The van der Waals surface area contributed by atoms with Crippen molar-refractivity contribution in [1.29, 1.82) is 0 Å². The first-order chi connectivity index (χ1) is 5.77. The smallest absolute Gasteiger partial charge is 0.222 e. The van der Waals surface area contributed by atoms with Gasteiger partial charge in [0.15, 0.2) is 0 Å². The molecule has 0 aromatic heterocycles. The summed E-state index contributed by atoms with van der Waals surface area (Å²) in [4.78, 5) is 13.1. The van der Waals surface area contributed by atoms with E-state index >= 15 is 0 Å². The molecule has 1 unspecified atom stereocenters. The van der Waals surface area contributed by atoms with Crippen LogP contribution in [0, 0.1) is 0 Å². The SMILES string of the molecule is CCOC1CCN(C(=O)CC)C1. The Morgan fingerprint density at radius 2 is 2.33 bits per heavy atom. The zero-order chi connectivity index (χ0) is 8.97. The summed E-state index contributed by atoms with van der Waals surface area (Å²) in [5, 5.41) is 0. The zero-order valence-corrected chi connectivity index (χ0v) is 7.88. The fourth-order valence-corrected chi connectivity index (χ4v) is 1.55. The molecule has 0 aromatic rings. The second-order valence-corrected chi connectivity index (χ2v) is 3.06. The lowest BCUT2D eigenvalue weighted by atomic mass is 10.3. The third-order valence-corrected chi connectivity index (χ3v) is 2.20. The van der Waals surface area contributed by atoms with E-state index in [1.54, 1.807) is 0 Å². The normalized spacial score (nSPS) is 23.2. The summed E-state index contributed by atoms with van der Waals surface area (Å²) in [5.74, 6) is 0.247. The number of carbonyl (C=O) groups excluding carboxylic acids is 1. The fraction of sp³-hybridized carbons (Fsp3) is 0.889. The predicted octanol–water partition coefficient (Wildman–Crippen LogP) is 1.03. The van der Waals surface area contributed by atoms with E-state index in [9.17, 15) is 4.79 Å². The highest BCUT2D eigenvalue weighted by Crippen LogP contribution is 2.13. The second kappa shape index (κ2) is 4.45. The van der Waals surface area contributed by atoms with Gasteiger partial charge in [0.25, 0.3) is 0 Å². The molecular formula is C9H17NO2. The van der Waals surface area contributed by atoms with Crippen LogP contribution in [0.1, 0.15) is 26.7 Å². The van der Waals surface area contributed by atoms with Crippen LogP contribution in [-0.4, -0.2) is 36.6 Å². The van der Waals surface area contributed by atoms with Crippen LogP contribution in [0.5, 0.6) is 0 Å². The summed E-state index contributed by atoms with van der Waals surface area (Å²) < 4.78 is 5.43. The molecule has 1 amide bonds. The average Bonchev–Trinajstić information content (AvgIpc) is 2.52. The van der Waals surface area contributed by atoms with E-state index in [0.29, 0.717) is 6.42 Å². The molecule has 3 heteroatoms. The molecule has 1 rings (SSSR count). The molecule has 1 atom stereocenters. The molecule has 0 aromatic carbocycles. The van der Waals surface area contributed by atoms with Gasteiger partial charge in [-0.2, -0.15) is 0 Å². The number of likely N-dealkylation sites (tertiary alicyclic amines) is 1. The second-order valence-electron chi connectivity index (χ2n) is 3.06. The van der Waals surface area contributed by atoms with E-state index in [1.165, 1.54) is 0 Å². The molecule has 1 saturated heterocycles. The molecule has 0 N–H and O–H groups in total. The van der Waals surface area contributed by atoms with Gasteiger partial charge in [0, 0.05) is 26.1 Å². The molecule has 1 fully saturated rings. The molecular weight excluding hydrogens is 154 g/mol. The molecule has 1 aliphatic heterocycles. The van der Waals surface area contributed by atoms with Crippen molar-refractivity contribution in [2.75, 3.05) is 19.7 Å². The van der Waals surface area contributed by atoms with Crippen LogP contribution in [0.25, 0.3) is 0 Å². The molecule has 70 valence electrons. The minimum absolute atomic E-state index is 0.247. The lowest BCUT2D eigenvalue weighted by molar-refractivity contribution is -0.130. The largest absolute Gasteiger partial charge is 0.377 e. The Balaban J connectivity index is 2.30. The van der Waals surface area contributed by atoms with Crippen LogP contribution >= 0.6 is 0 Å². The highest BCUT2D eigenvalue weighted by molar-refractivity contribution is 5.76. The van der Waals surface area contributed by atoms with Gasteiger partial charge >= 0.3 is 0 Å². The number of hydrogen-bond acceptors (Lipinski definition) is 2. The summed E-state index contributed by atoms with van der Waals surface area (Å²) in [6, 6.07) is 0. The zero-order valence-electron chi connectivity index (χ0n) is 7.88. The van der Waals surface area contributed by atoms with E-state index in [4.69, 9.17) is 4.74 Å². The highest BCUT2D eigenvalue weighted by Gasteiger charge is 2.24. The van der Waals surface area contributed by atoms with Crippen molar-refractivity contribution >= 4 is 5.91 Å². The van der Waals surface area contributed by atoms with Gasteiger partial charge in [0.05, 0.1) is 6.10 Å². The first-order valence-electron chi connectivity index (χ1n) is 4.67. The fourth-order valence-electron chi connectivity index (χ4n) is 1.55. The summed E-state index contributed by atoms with van der Waals surface area (Å²) >= 11 is 0. The van der Waals surface area contributed by atoms with Crippen LogP contribution in [0.4, 0.5) is 0 Å². The molecule has 1 aliphatic rings. The quantitative estimate of drug-likeness (QED) is 0.635. The number of carbonyl (C=O) groups is 1. The summed E-state index contributed by atoms with van der Waals surface area (Å²) in [6.07, 6.45) is 1.89. The summed E-state index contributed by atoms with van der Waals surface area (Å²) in [7, 11) is 0. The van der Waals surface area contributed by atoms with Crippen molar-refractivity contribution in [3.05, 3.63) is 0 Å². The minimum Gasteiger partial charge on any atom is -0.377 e. The number of amides is 1. The van der Waals surface area contributed by atoms with Gasteiger partial charge in [-0.1, -0.05) is 6.92 Å². The van der Waals surface area contributed by atoms with Gasteiger partial charge in [-0.05, 0) is 13.3 Å². The van der Waals surface area contributed by atoms with Gasteiger partial charge in [-0.3, -0.25) is 4.79 Å². The van der Waals surface area contributed by atoms with Crippen LogP contribution in [-0.2, 0) is 9.53 Å². The Kier molecular flexibility index (Phi) is 3.53. The van der Waals surface area contributed by atoms with Crippen LogP contribution in [0.2, 0.25) is 0 Å². The van der Waals surface area contributed by atoms with Crippen molar-refractivity contribution in [2.24, 2.45) is 0 Å². The third-order valence-electron chi connectivity index (χ3n) is 2.20. The molecule has 12 heavy (non-hydrogen) atoms. The van der Waals surface area contributed by atoms with Crippen molar-refractivity contribution in [2.45, 2.75) is 32.8 Å². The Labute approximate surface area is 73.7 Å². The van der Waals surface area contributed by atoms with Crippen molar-refractivity contribution in [3.8, 4) is 0 Å². The lowest BCUT2D eigenvalue weighted by Gasteiger charge is -2.15. The van der Waals surface area contributed by atoms with Gasteiger partial charge in [0.2, 0.25) is 5.91 Å². The standard InChI is InChI=1S/C9H17NO2/c1-3-9(11)10-6-5-8(7-10)12-4-2/h8H,3-7H2,1-2H3. The van der Waals surface area contributed by atoms with Crippen molar-refractivity contribution in [1.82, 2.24) is 4.90 Å². The van der Waals surface area contributed by atoms with Gasteiger partial charge in [-0.15, -0.1) is 0 Å². The van der Waals surface area contributed by atoms with E-state index in [2.05, 4.69) is 0 Å². The summed E-state index contributed by atoms with van der Waals surface area (Å²) in [5.41, 5.74) is 0. The maximum atomic E-state index is 11.2. The van der Waals surface area contributed by atoms with Crippen molar-refractivity contribution in [3.63, 3.8) is 0 Å². The average molecular weight is 171 g/mol. The van der Waals surface area contributed by atoms with Crippen LogP contribution in [0.15, 0.2) is 0 Å². The molecule has 1 heterocycles. The van der Waals surface area contributed by atoms with E-state index in [-0.39, 0.29) is 12.0 Å².